The van der Waals surface area contributed by atoms with E-state index < -0.39 is 5.54 Å². The molecular weight excluding hydrogens is 380 g/mol. The van der Waals surface area contributed by atoms with Gasteiger partial charge in [0.2, 0.25) is 5.91 Å². The van der Waals surface area contributed by atoms with Gasteiger partial charge in [0.1, 0.15) is 11.6 Å². The van der Waals surface area contributed by atoms with Crippen molar-refractivity contribution in [3.8, 4) is 5.75 Å². The number of amides is 1. The Morgan fingerprint density at radius 2 is 1.88 bits per heavy atom. The number of benzene rings is 1. The van der Waals surface area contributed by atoms with Crippen LogP contribution >= 0.6 is 24.8 Å². The highest BCUT2D eigenvalue weighted by molar-refractivity contribution is 5.86. The van der Waals surface area contributed by atoms with Gasteiger partial charge in [-0.2, -0.15) is 0 Å². The molecule has 1 aliphatic heterocycles. The summed E-state index contributed by atoms with van der Waals surface area (Å²) in [4.78, 5) is 16.6. The van der Waals surface area contributed by atoms with E-state index in [1.165, 1.54) is 12.1 Å². The molecular formula is C18H30Cl2FN3O2. The third kappa shape index (κ3) is 6.27. The van der Waals surface area contributed by atoms with Crippen LogP contribution in [0.2, 0.25) is 0 Å². The van der Waals surface area contributed by atoms with E-state index in [1.54, 1.807) is 13.2 Å². The first-order valence-corrected chi connectivity index (χ1v) is 8.50. The van der Waals surface area contributed by atoms with Crippen LogP contribution in [0.5, 0.6) is 5.75 Å². The lowest BCUT2D eigenvalue weighted by atomic mass is 9.95. The molecule has 0 aliphatic carbocycles. The molecule has 0 radical (unpaired) electrons. The van der Waals surface area contributed by atoms with Gasteiger partial charge < -0.3 is 15.4 Å². The molecule has 1 saturated heterocycles. The zero-order chi connectivity index (χ0) is 17.7. The number of halogens is 3. The molecule has 1 aromatic rings. The summed E-state index contributed by atoms with van der Waals surface area (Å²) in [5.41, 5.74) is 6.19. The van der Waals surface area contributed by atoms with Crippen LogP contribution in [0, 0.1) is 5.82 Å². The molecule has 0 bridgehead atoms. The van der Waals surface area contributed by atoms with Crippen LogP contribution in [0.4, 0.5) is 4.39 Å². The molecule has 0 spiro atoms. The van der Waals surface area contributed by atoms with Gasteiger partial charge in [0.05, 0.1) is 12.6 Å². The van der Waals surface area contributed by atoms with Gasteiger partial charge in [-0.1, -0.05) is 13.3 Å². The Labute approximate surface area is 167 Å². The van der Waals surface area contributed by atoms with Crippen LogP contribution in [0.15, 0.2) is 18.2 Å². The van der Waals surface area contributed by atoms with E-state index in [2.05, 4.69) is 4.90 Å². The molecule has 5 nitrogen and oxygen atoms in total. The molecule has 2 rings (SSSR count). The number of methoxy groups -OCH3 is 1. The molecule has 1 atom stereocenters. The second-order valence-electron chi connectivity index (χ2n) is 6.69. The monoisotopic (exact) mass is 409 g/mol. The molecule has 0 aromatic heterocycles. The summed E-state index contributed by atoms with van der Waals surface area (Å²) in [7, 11) is 1.59. The molecule has 1 unspecified atom stereocenters. The second kappa shape index (κ2) is 10.9. The van der Waals surface area contributed by atoms with E-state index >= 15 is 0 Å². The van der Waals surface area contributed by atoms with Crippen LogP contribution in [0.3, 0.4) is 0 Å². The van der Waals surface area contributed by atoms with Crippen molar-refractivity contribution in [3.63, 3.8) is 0 Å². The quantitative estimate of drug-likeness (QED) is 0.784. The fourth-order valence-corrected chi connectivity index (χ4v) is 3.21. The van der Waals surface area contributed by atoms with Crippen LogP contribution in [0.1, 0.15) is 32.3 Å². The zero-order valence-corrected chi connectivity index (χ0v) is 17.3. The van der Waals surface area contributed by atoms with Gasteiger partial charge in [-0.3, -0.25) is 9.69 Å². The normalized spacial score (nSPS) is 16.9. The SMILES string of the molecule is CCCC(C)(N)C(=O)N1CCN(Cc2cc(F)ccc2OC)CC1.Cl.Cl. The predicted octanol–water partition coefficient (Wildman–Crippen LogP) is 2.84. The number of piperazine rings is 1. The van der Waals surface area contributed by atoms with Crippen molar-refractivity contribution in [1.29, 1.82) is 0 Å². The van der Waals surface area contributed by atoms with Crippen LogP contribution < -0.4 is 10.5 Å². The number of ether oxygens (including phenoxy) is 1. The highest BCUT2D eigenvalue weighted by Crippen LogP contribution is 2.22. The van der Waals surface area contributed by atoms with E-state index in [0.29, 0.717) is 31.8 Å². The van der Waals surface area contributed by atoms with Gasteiger partial charge in [0.25, 0.3) is 0 Å². The maximum atomic E-state index is 13.5. The largest absolute Gasteiger partial charge is 0.496 e. The number of rotatable bonds is 6. The molecule has 1 amide bonds. The van der Waals surface area contributed by atoms with E-state index in [9.17, 15) is 9.18 Å². The number of carbonyl (C=O) groups is 1. The molecule has 1 aliphatic rings. The Bertz CT molecular complexity index is 580. The van der Waals surface area contributed by atoms with Crippen molar-refractivity contribution in [2.75, 3.05) is 33.3 Å². The number of nitrogens with two attached hydrogens (primary N) is 1. The second-order valence-corrected chi connectivity index (χ2v) is 6.69. The van der Waals surface area contributed by atoms with Gasteiger partial charge in [0.15, 0.2) is 0 Å². The van der Waals surface area contributed by atoms with E-state index in [1.807, 2.05) is 18.7 Å². The minimum absolute atomic E-state index is 0. The summed E-state index contributed by atoms with van der Waals surface area (Å²) in [5.74, 6) is 0.442. The fraction of sp³-hybridized carbons (Fsp3) is 0.611. The van der Waals surface area contributed by atoms with Crippen molar-refractivity contribution >= 4 is 30.7 Å². The maximum absolute atomic E-state index is 13.5. The lowest BCUT2D eigenvalue weighted by molar-refractivity contribution is -0.138. The smallest absolute Gasteiger partial charge is 0.242 e. The molecule has 1 heterocycles. The number of hydrogen-bond acceptors (Lipinski definition) is 4. The minimum atomic E-state index is -0.789. The minimum Gasteiger partial charge on any atom is -0.496 e. The van der Waals surface area contributed by atoms with Gasteiger partial charge in [-0.15, -0.1) is 24.8 Å². The number of carbonyl (C=O) groups excluding carboxylic acids is 1. The van der Waals surface area contributed by atoms with Crippen molar-refractivity contribution in [3.05, 3.63) is 29.6 Å². The fourth-order valence-electron chi connectivity index (χ4n) is 3.21. The number of hydrogen-bond donors (Lipinski definition) is 1. The summed E-state index contributed by atoms with van der Waals surface area (Å²) >= 11 is 0. The van der Waals surface area contributed by atoms with Gasteiger partial charge >= 0.3 is 0 Å². The van der Waals surface area contributed by atoms with Gasteiger partial charge in [-0.05, 0) is 31.5 Å². The maximum Gasteiger partial charge on any atom is 0.242 e. The first-order chi connectivity index (χ1) is 11.4. The van der Waals surface area contributed by atoms with Gasteiger partial charge in [-0.25, -0.2) is 4.39 Å². The third-order valence-electron chi connectivity index (χ3n) is 4.55. The highest BCUT2D eigenvalue weighted by Gasteiger charge is 2.33. The molecule has 0 saturated carbocycles. The Balaban J connectivity index is 0.00000312. The van der Waals surface area contributed by atoms with Crippen molar-refractivity contribution in [2.24, 2.45) is 5.73 Å². The third-order valence-corrected chi connectivity index (χ3v) is 4.55. The lowest BCUT2D eigenvalue weighted by Gasteiger charge is -2.38. The van der Waals surface area contributed by atoms with Crippen LogP contribution in [0.25, 0.3) is 0 Å². The average molecular weight is 410 g/mol. The first-order valence-electron chi connectivity index (χ1n) is 8.50. The Morgan fingerprint density at radius 3 is 2.42 bits per heavy atom. The molecule has 1 aromatic carbocycles. The Kier molecular flexibility index (Phi) is 10.5. The standard InChI is InChI=1S/C18H28FN3O2.2ClH/c1-4-7-18(2,20)17(23)22-10-8-21(9-11-22)13-14-12-15(19)5-6-16(14)24-3;;/h5-6,12H,4,7-11,13,20H2,1-3H3;2*1H. The molecule has 150 valence electrons. The summed E-state index contributed by atoms with van der Waals surface area (Å²) in [6.07, 6.45) is 1.57. The summed E-state index contributed by atoms with van der Waals surface area (Å²) < 4.78 is 18.8. The average Bonchev–Trinajstić information content (AvgIpc) is 2.55. The summed E-state index contributed by atoms with van der Waals surface area (Å²) in [5, 5.41) is 0. The van der Waals surface area contributed by atoms with Gasteiger partial charge in [0, 0.05) is 38.3 Å². The van der Waals surface area contributed by atoms with Crippen LogP contribution in [-0.2, 0) is 11.3 Å². The van der Waals surface area contributed by atoms with Crippen molar-refractivity contribution in [2.45, 2.75) is 38.8 Å². The summed E-state index contributed by atoms with van der Waals surface area (Å²) in [6, 6.07) is 4.55. The molecule has 1 fully saturated rings. The highest BCUT2D eigenvalue weighted by atomic mass is 35.5. The molecule has 2 N–H and O–H groups in total. The topological polar surface area (TPSA) is 58.8 Å². The molecule has 26 heavy (non-hydrogen) atoms. The van der Waals surface area contributed by atoms with Crippen LogP contribution in [-0.4, -0.2) is 54.5 Å². The lowest BCUT2D eigenvalue weighted by Crippen LogP contribution is -2.58. The van der Waals surface area contributed by atoms with Crippen molar-refractivity contribution < 1.29 is 13.9 Å². The zero-order valence-electron chi connectivity index (χ0n) is 15.7. The van der Waals surface area contributed by atoms with E-state index in [4.69, 9.17) is 10.5 Å². The Hall–Kier alpha value is -1.08. The van der Waals surface area contributed by atoms with E-state index in [0.717, 1.165) is 25.1 Å². The summed E-state index contributed by atoms with van der Waals surface area (Å²) in [6.45, 7) is 7.23. The predicted molar refractivity (Wildman–Crippen MR) is 107 cm³/mol. The Morgan fingerprint density at radius 1 is 1.27 bits per heavy atom. The van der Waals surface area contributed by atoms with Crippen molar-refractivity contribution in [1.82, 2.24) is 9.80 Å². The number of nitrogens with zero attached hydrogens (tertiary/aromatic N) is 2. The van der Waals surface area contributed by atoms with E-state index in [-0.39, 0.29) is 36.5 Å². The molecule has 8 heteroatoms. The first kappa shape index (κ1) is 24.9.